The topological polar surface area (TPSA) is 49.4 Å². The van der Waals surface area contributed by atoms with Crippen LogP contribution in [0.3, 0.4) is 0 Å². The summed E-state index contributed by atoms with van der Waals surface area (Å²) in [6.07, 6.45) is 0. The predicted molar refractivity (Wildman–Crippen MR) is 75.6 cm³/mol. The molecule has 3 heteroatoms. The van der Waals surface area contributed by atoms with Crippen molar-refractivity contribution in [3.8, 4) is 5.75 Å². The van der Waals surface area contributed by atoms with Crippen LogP contribution in [0.1, 0.15) is 41.3 Å². The van der Waals surface area contributed by atoms with Crippen LogP contribution in [0.4, 0.5) is 0 Å². The molecule has 3 nitrogen and oxygen atoms in total. The zero-order valence-corrected chi connectivity index (χ0v) is 11.6. The molecule has 0 amide bonds. The molecule has 0 heterocycles. The van der Waals surface area contributed by atoms with Crippen molar-refractivity contribution in [2.24, 2.45) is 0 Å². The van der Waals surface area contributed by atoms with Gasteiger partial charge in [-0.15, -0.1) is 0 Å². The number of carboxylic acid groups (broad SMARTS) is 1. The van der Waals surface area contributed by atoms with Crippen molar-refractivity contribution in [2.45, 2.75) is 26.4 Å². The average molecular weight is 269 g/mol. The minimum Gasteiger partial charge on any atom is -0.545 e. The maximum absolute atomic E-state index is 10.8. The summed E-state index contributed by atoms with van der Waals surface area (Å²) in [5.41, 5.74) is 2.23. The summed E-state index contributed by atoms with van der Waals surface area (Å²) >= 11 is 0. The minimum atomic E-state index is -1.17. The van der Waals surface area contributed by atoms with Gasteiger partial charge in [0.15, 0.2) is 0 Å². The molecule has 0 aromatic heterocycles. The van der Waals surface area contributed by atoms with E-state index in [9.17, 15) is 9.90 Å². The Bertz CT molecular complexity index is 585. The Morgan fingerprint density at radius 3 is 2.45 bits per heavy atom. The average Bonchev–Trinajstić information content (AvgIpc) is 2.46. The van der Waals surface area contributed by atoms with Gasteiger partial charge in [0.25, 0.3) is 0 Å². The number of rotatable bonds is 5. The van der Waals surface area contributed by atoms with Crippen molar-refractivity contribution in [1.29, 1.82) is 0 Å². The Balaban J connectivity index is 2.01. The van der Waals surface area contributed by atoms with Crippen LogP contribution in [0.2, 0.25) is 0 Å². The Morgan fingerprint density at radius 1 is 1.15 bits per heavy atom. The second kappa shape index (κ2) is 6.24. The molecule has 0 N–H and O–H groups in total. The molecule has 2 rings (SSSR count). The van der Waals surface area contributed by atoms with E-state index >= 15 is 0 Å². The molecule has 0 aliphatic heterocycles. The standard InChI is InChI=1S/C17H18O3/c1-12(2)14-6-8-16(9-7-14)20-11-13-4-3-5-15(10-13)17(18)19/h3-10,12H,11H2,1-2H3,(H,18,19)/p-1. The number of carbonyl (C=O) groups is 1. The van der Waals surface area contributed by atoms with E-state index < -0.39 is 5.97 Å². The third-order valence-electron chi connectivity index (χ3n) is 3.11. The van der Waals surface area contributed by atoms with E-state index in [0.717, 1.165) is 11.3 Å². The van der Waals surface area contributed by atoms with Crippen LogP contribution >= 0.6 is 0 Å². The van der Waals surface area contributed by atoms with Gasteiger partial charge in [-0.1, -0.05) is 44.2 Å². The highest BCUT2D eigenvalue weighted by Gasteiger charge is 2.01. The highest BCUT2D eigenvalue weighted by atomic mass is 16.5. The molecule has 0 unspecified atom stereocenters. The Labute approximate surface area is 118 Å². The van der Waals surface area contributed by atoms with E-state index in [4.69, 9.17) is 4.74 Å². The third kappa shape index (κ3) is 3.60. The Kier molecular flexibility index (Phi) is 4.41. The van der Waals surface area contributed by atoms with Gasteiger partial charge < -0.3 is 14.6 Å². The van der Waals surface area contributed by atoms with Crippen molar-refractivity contribution in [2.75, 3.05) is 0 Å². The molecule has 0 bridgehead atoms. The highest BCUT2D eigenvalue weighted by Crippen LogP contribution is 2.19. The summed E-state index contributed by atoms with van der Waals surface area (Å²) in [7, 11) is 0. The first kappa shape index (κ1) is 14.1. The van der Waals surface area contributed by atoms with Crippen LogP contribution in [0.15, 0.2) is 48.5 Å². The van der Waals surface area contributed by atoms with E-state index in [1.165, 1.54) is 11.6 Å². The molecule has 2 aromatic carbocycles. The van der Waals surface area contributed by atoms with Crippen LogP contribution in [-0.4, -0.2) is 5.97 Å². The maximum atomic E-state index is 10.8. The third-order valence-corrected chi connectivity index (χ3v) is 3.11. The summed E-state index contributed by atoms with van der Waals surface area (Å²) < 4.78 is 5.65. The molecule has 104 valence electrons. The zero-order chi connectivity index (χ0) is 14.5. The van der Waals surface area contributed by atoms with Crippen LogP contribution < -0.4 is 9.84 Å². The fourth-order valence-electron chi connectivity index (χ4n) is 1.90. The summed E-state index contributed by atoms with van der Waals surface area (Å²) in [5.74, 6) is 0.0881. The predicted octanol–water partition coefficient (Wildman–Crippen LogP) is 2.75. The first-order valence-electron chi connectivity index (χ1n) is 6.59. The van der Waals surface area contributed by atoms with Gasteiger partial charge in [-0.25, -0.2) is 0 Å². The molecule has 0 saturated carbocycles. The van der Waals surface area contributed by atoms with Crippen molar-refractivity contribution >= 4 is 5.97 Å². The fraction of sp³-hybridized carbons (Fsp3) is 0.235. The largest absolute Gasteiger partial charge is 0.545 e. The van der Waals surface area contributed by atoms with Gasteiger partial charge in [-0.3, -0.25) is 0 Å². The summed E-state index contributed by atoms with van der Waals surface area (Å²) in [6, 6.07) is 14.5. The number of carbonyl (C=O) groups excluding carboxylic acids is 1. The molecule has 0 saturated heterocycles. The van der Waals surface area contributed by atoms with Crippen molar-refractivity contribution in [1.82, 2.24) is 0 Å². The quantitative estimate of drug-likeness (QED) is 0.838. The maximum Gasteiger partial charge on any atom is 0.119 e. The summed E-state index contributed by atoms with van der Waals surface area (Å²) in [5, 5.41) is 10.8. The van der Waals surface area contributed by atoms with Crippen LogP contribution in [0.25, 0.3) is 0 Å². The summed E-state index contributed by atoms with van der Waals surface area (Å²) in [6.45, 7) is 4.62. The van der Waals surface area contributed by atoms with Gasteiger partial charge in [-0.2, -0.15) is 0 Å². The van der Waals surface area contributed by atoms with Gasteiger partial charge in [0.2, 0.25) is 0 Å². The van der Waals surface area contributed by atoms with Gasteiger partial charge in [0.1, 0.15) is 12.4 Å². The van der Waals surface area contributed by atoms with E-state index in [0.29, 0.717) is 12.5 Å². The minimum absolute atomic E-state index is 0.168. The highest BCUT2D eigenvalue weighted by molar-refractivity contribution is 5.85. The number of carboxylic acids is 1. The van der Waals surface area contributed by atoms with Crippen molar-refractivity contribution < 1.29 is 14.6 Å². The second-order valence-corrected chi connectivity index (χ2v) is 5.00. The Hall–Kier alpha value is -2.29. The molecule has 0 aliphatic carbocycles. The number of hydrogen-bond acceptors (Lipinski definition) is 3. The van der Waals surface area contributed by atoms with Gasteiger partial charge in [0, 0.05) is 0 Å². The lowest BCUT2D eigenvalue weighted by Gasteiger charge is -2.10. The van der Waals surface area contributed by atoms with Gasteiger partial charge in [0.05, 0.1) is 5.97 Å². The van der Waals surface area contributed by atoms with Crippen molar-refractivity contribution in [3.63, 3.8) is 0 Å². The van der Waals surface area contributed by atoms with Crippen LogP contribution in [-0.2, 0) is 6.61 Å². The molecular formula is C17H17O3-. The van der Waals surface area contributed by atoms with Crippen LogP contribution in [0, 0.1) is 0 Å². The SMILES string of the molecule is CC(C)c1ccc(OCc2cccc(C(=O)[O-])c2)cc1. The smallest absolute Gasteiger partial charge is 0.119 e. The van der Waals surface area contributed by atoms with Crippen molar-refractivity contribution in [3.05, 3.63) is 65.2 Å². The van der Waals surface area contributed by atoms with E-state index in [1.807, 2.05) is 30.3 Å². The molecule has 20 heavy (non-hydrogen) atoms. The molecular weight excluding hydrogens is 252 g/mol. The monoisotopic (exact) mass is 269 g/mol. The van der Waals surface area contributed by atoms with E-state index in [2.05, 4.69) is 13.8 Å². The van der Waals surface area contributed by atoms with E-state index in [1.54, 1.807) is 12.1 Å². The number of aromatic carboxylic acids is 1. The lowest BCUT2D eigenvalue weighted by atomic mass is 10.0. The lowest BCUT2D eigenvalue weighted by Crippen LogP contribution is -2.22. The molecule has 2 aromatic rings. The molecule has 0 aliphatic rings. The number of hydrogen-bond donors (Lipinski definition) is 0. The molecule has 0 spiro atoms. The normalized spacial score (nSPS) is 10.6. The summed E-state index contributed by atoms with van der Waals surface area (Å²) in [4.78, 5) is 10.8. The first-order chi connectivity index (χ1) is 9.56. The molecule has 0 radical (unpaired) electrons. The molecule has 0 fully saturated rings. The van der Waals surface area contributed by atoms with E-state index in [-0.39, 0.29) is 5.56 Å². The van der Waals surface area contributed by atoms with Gasteiger partial charge in [-0.05, 0) is 40.8 Å². The van der Waals surface area contributed by atoms with Crippen LogP contribution in [0.5, 0.6) is 5.75 Å². The second-order valence-electron chi connectivity index (χ2n) is 5.00. The first-order valence-corrected chi connectivity index (χ1v) is 6.59. The number of benzene rings is 2. The molecule has 0 atom stereocenters. The lowest BCUT2D eigenvalue weighted by molar-refractivity contribution is -0.255. The number of ether oxygens (including phenoxy) is 1. The fourth-order valence-corrected chi connectivity index (χ4v) is 1.90. The Morgan fingerprint density at radius 2 is 1.85 bits per heavy atom. The van der Waals surface area contributed by atoms with Gasteiger partial charge >= 0.3 is 0 Å². The zero-order valence-electron chi connectivity index (χ0n) is 11.6.